The van der Waals surface area contributed by atoms with Gasteiger partial charge in [-0.05, 0) is 53.6 Å². The Morgan fingerprint density at radius 3 is 2.50 bits per heavy atom. The molecule has 1 aromatic heterocycles. The van der Waals surface area contributed by atoms with Gasteiger partial charge in [-0.1, -0.05) is 0 Å². The van der Waals surface area contributed by atoms with Crippen LogP contribution in [0.5, 0.6) is 11.5 Å². The third-order valence-corrected chi connectivity index (χ3v) is 5.07. The third kappa shape index (κ3) is 5.51. The summed E-state index contributed by atoms with van der Waals surface area (Å²) in [6.45, 7) is 2.38. The molecule has 0 radical (unpaired) electrons. The minimum atomic E-state index is -4.49. The number of aryl methyl sites for hydroxylation is 1. The van der Waals surface area contributed by atoms with E-state index in [1.54, 1.807) is 32.2 Å². The Balaban J connectivity index is 1.85. The molecule has 28 heavy (non-hydrogen) atoms. The fourth-order valence-corrected chi connectivity index (χ4v) is 3.17. The molecule has 0 aliphatic carbocycles. The summed E-state index contributed by atoms with van der Waals surface area (Å²) in [7, 11) is 3.09. The summed E-state index contributed by atoms with van der Waals surface area (Å²) in [6, 6.07) is 5.29. The summed E-state index contributed by atoms with van der Waals surface area (Å²) >= 11 is 8.19. The van der Waals surface area contributed by atoms with E-state index >= 15 is 0 Å². The first-order valence-corrected chi connectivity index (χ1v) is 9.44. The number of methoxy groups -OCH3 is 2. The lowest BCUT2D eigenvalue weighted by Gasteiger charge is -2.13. The second-order valence-corrected chi connectivity index (χ2v) is 6.97. The number of alkyl halides is 3. The van der Waals surface area contributed by atoms with Gasteiger partial charge in [0.05, 0.1) is 24.4 Å². The van der Waals surface area contributed by atoms with Gasteiger partial charge in [0.15, 0.2) is 22.3 Å². The molecule has 11 heteroatoms. The smallest absolute Gasteiger partial charge is 0.436 e. The van der Waals surface area contributed by atoms with Crippen LogP contribution in [0.1, 0.15) is 17.8 Å². The number of hydrogen-bond acceptors (Lipinski definition) is 4. The van der Waals surface area contributed by atoms with E-state index in [-0.39, 0.29) is 4.47 Å². The molecule has 0 aliphatic heterocycles. The monoisotopic (exact) mass is 480 g/mol. The largest absolute Gasteiger partial charge is 0.493 e. The molecule has 1 aromatic carbocycles. The van der Waals surface area contributed by atoms with Crippen LogP contribution in [-0.4, -0.2) is 35.7 Å². The maximum atomic E-state index is 12.9. The van der Waals surface area contributed by atoms with Crippen LogP contribution in [-0.2, 0) is 12.7 Å². The van der Waals surface area contributed by atoms with E-state index in [4.69, 9.17) is 21.7 Å². The minimum absolute atomic E-state index is 0.0291. The second kappa shape index (κ2) is 9.46. The molecule has 2 aromatic rings. The quantitative estimate of drug-likeness (QED) is 0.453. The first-order valence-electron chi connectivity index (χ1n) is 8.24. The fraction of sp³-hybridized carbons (Fsp3) is 0.412. The van der Waals surface area contributed by atoms with Gasteiger partial charge in [-0.3, -0.25) is 4.68 Å². The zero-order valence-corrected chi connectivity index (χ0v) is 17.9. The van der Waals surface area contributed by atoms with Crippen molar-refractivity contribution < 1.29 is 22.6 Å². The van der Waals surface area contributed by atoms with Crippen LogP contribution in [0.25, 0.3) is 0 Å². The average molecular weight is 481 g/mol. The number of halogens is 4. The van der Waals surface area contributed by atoms with E-state index in [0.29, 0.717) is 41.8 Å². The van der Waals surface area contributed by atoms with Crippen LogP contribution in [0.4, 0.5) is 18.9 Å². The van der Waals surface area contributed by atoms with Crippen LogP contribution in [0, 0.1) is 6.92 Å². The predicted molar refractivity (Wildman–Crippen MR) is 108 cm³/mol. The van der Waals surface area contributed by atoms with Crippen molar-refractivity contribution in [3.05, 3.63) is 34.1 Å². The van der Waals surface area contributed by atoms with Crippen molar-refractivity contribution in [1.29, 1.82) is 0 Å². The Morgan fingerprint density at radius 2 is 1.93 bits per heavy atom. The van der Waals surface area contributed by atoms with E-state index in [1.165, 1.54) is 11.8 Å². The third-order valence-electron chi connectivity index (χ3n) is 3.88. The number of nitrogens with zero attached hydrogens (tertiary/aromatic N) is 2. The average Bonchev–Trinajstić information content (AvgIpc) is 2.93. The van der Waals surface area contributed by atoms with Gasteiger partial charge < -0.3 is 20.1 Å². The Hall–Kier alpha value is -2.01. The van der Waals surface area contributed by atoms with E-state index < -0.39 is 11.9 Å². The van der Waals surface area contributed by atoms with Crippen LogP contribution in [0.3, 0.4) is 0 Å². The highest BCUT2D eigenvalue weighted by Crippen LogP contribution is 2.35. The first kappa shape index (κ1) is 22.3. The predicted octanol–water partition coefficient (Wildman–Crippen LogP) is 4.37. The number of ether oxygens (including phenoxy) is 2. The maximum Gasteiger partial charge on any atom is 0.436 e. The van der Waals surface area contributed by atoms with Crippen LogP contribution >= 0.6 is 28.1 Å². The first-order chi connectivity index (χ1) is 13.2. The second-order valence-electron chi connectivity index (χ2n) is 5.77. The Bertz CT molecular complexity index is 843. The number of anilines is 1. The number of thiocarbonyl (C=S) groups is 1. The van der Waals surface area contributed by atoms with Crippen molar-refractivity contribution in [2.24, 2.45) is 0 Å². The summed E-state index contributed by atoms with van der Waals surface area (Å²) in [6.07, 6.45) is -3.95. The molecule has 0 unspecified atom stereocenters. The van der Waals surface area contributed by atoms with Crippen molar-refractivity contribution in [2.45, 2.75) is 26.1 Å². The van der Waals surface area contributed by atoms with Gasteiger partial charge in [-0.15, -0.1) is 0 Å². The molecule has 0 aliphatic rings. The van der Waals surface area contributed by atoms with Crippen molar-refractivity contribution in [1.82, 2.24) is 15.1 Å². The molecule has 154 valence electrons. The molecule has 0 bridgehead atoms. The number of hydrogen-bond donors (Lipinski definition) is 2. The molecule has 2 rings (SSSR count). The lowest BCUT2D eigenvalue weighted by molar-refractivity contribution is -0.142. The molecular weight excluding hydrogens is 461 g/mol. The Kier molecular flexibility index (Phi) is 7.53. The molecule has 1 heterocycles. The van der Waals surface area contributed by atoms with Crippen molar-refractivity contribution in [3.63, 3.8) is 0 Å². The highest BCUT2D eigenvalue weighted by molar-refractivity contribution is 9.10. The molecule has 0 spiro atoms. The summed E-state index contributed by atoms with van der Waals surface area (Å²) in [4.78, 5) is 0. The highest BCUT2D eigenvalue weighted by atomic mass is 79.9. The molecule has 0 amide bonds. The number of aromatic nitrogens is 2. The van der Waals surface area contributed by atoms with Crippen molar-refractivity contribution in [3.8, 4) is 11.5 Å². The molecule has 0 saturated heterocycles. The fourth-order valence-electron chi connectivity index (χ4n) is 2.44. The van der Waals surface area contributed by atoms with Gasteiger partial charge in [-0.2, -0.15) is 18.3 Å². The standard InChI is InChI=1S/C17H20BrF3N4O2S/c1-10-14(18)15(17(19,20)21)24-25(10)8-4-7-22-16(28)23-11-5-6-12(26-2)13(9-11)27-3/h5-6,9H,4,7-8H2,1-3H3,(H2,22,23,28). The lowest BCUT2D eigenvalue weighted by atomic mass is 10.3. The molecular formula is C17H20BrF3N4O2S. The van der Waals surface area contributed by atoms with Crippen LogP contribution < -0.4 is 20.1 Å². The molecule has 0 atom stereocenters. The zero-order valence-electron chi connectivity index (χ0n) is 15.5. The van der Waals surface area contributed by atoms with Gasteiger partial charge in [-0.25, -0.2) is 0 Å². The van der Waals surface area contributed by atoms with Crippen molar-refractivity contribution >= 4 is 38.9 Å². The summed E-state index contributed by atoms with van der Waals surface area (Å²) in [5, 5.41) is 10.1. The topological polar surface area (TPSA) is 60.3 Å². The Morgan fingerprint density at radius 1 is 1.25 bits per heavy atom. The van der Waals surface area contributed by atoms with Gasteiger partial charge in [0, 0.05) is 24.8 Å². The molecule has 2 N–H and O–H groups in total. The van der Waals surface area contributed by atoms with Gasteiger partial charge in [0.1, 0.15) is 0 Å². The van der Waals surface area contributed by atoms with Gasteiger partial charge in [0.2, 0.25) is 0 Å². The zero-order chi connectivity index (χ0) is 20.9. The van der Waals surface area contributed by atoms with E-state index in [1.807, 2.05) is 0 Å². The van der Waals surface area contributed by atoms with Crippen LogP contribution in [0.2, 0.25) is 0 Å². The maximum absolute atomic E-state index is 12.9. The summed E-state index contributed by atoms with van der Waals surface area (Å²) < 4.78 is 50.4. The van der Waals surface area contributed by atoms with E-state index in [2.05, 4.69) is 31.7 Å². The van der Waals surface area contributed by atoms with E-state index in [9.17, 15) is 13.2 Å². The normalized spacial score (nSPS) is 11.2. The number of benzene rings is 1. The molecule has 0 saturated carbocycles. The SMILES string of the molecule is COc1ccc(NC(=S)NCCCn2nc(C(F)(F)F)c(Br)c2C)cc1OC. The van der Waals surface area contributed by atoms with E-state index in [0.717, 1.165) is 5.69 Å². The Labute approximate surface area is 174 Å². The number of nitrogens with one attached hydrogen (secondary N) is 2. The van der Waals surface area contributed by atoms with Crippen molar-refractivity contribution in [2.75, 3.05) is 26.1 Å². The van der Waals surface area contributed by atoms with Crippen LogP contribution in [0.15, 0.2) is 22.7 Å². The summed E-state index contributed by atoms with van der Waals surface area (Å²) in [5.41, 5.74) is 0.235. The molecule has 0 fully saturated rings. The van der Waals surface area contributed by atoms with Gasteiger partial charge in [0.25, 0.3) is 0 Å². The highest BCUT2D eigenvalue weighted by Gasteiger charge is 2.37. The number of rotatable bonds is 7. The van der Waals surface area contributed by atoms with Gasteiger partial charge >= 0.3 is 6.18 Å². The minimum Gasteiger partial charge on any atom is -0.493 e. The summed E-state index contributed by atoms with van der Waals surface area (Å²) in [5.74, 6) is 1.17. The lowest BCUT2D eigenvalue weighted by Crippen LogP contribution is -2.29. The molecule has 6 nitrogen and oxygen atoms in total.